The highest BCUT2D eigenvalue weighted by atomic mass is 16.6. The van der Waals surface area contributed by atoms with E-state index < -0.39 is 53.8 Å². The van der Waals surface area contributed by atoms with Crippen LogP contribution in [0.5, 0.6) is 23.0 Å². The number of likely N-dealkylation sites (tertiary alicyclic amines) is 1. The summed E-state index contributed by atoms with van der Waals surface area (Å²) in [6, 6.07) is 1.10. The van der Waals surface area contributed by atoms with Crippen LogP contribution < -0.4 is 24.7 Å². The molecule has 3 aliphatic heterocycles. The highest BCUT2D eigenvalue weighted by molar-refractivity contribution is 6.02. The van der Waals surface area contributed by atoms with Crippen molar-refractivity contribution >= 4 is 23.8 Å². The first-order valence-corrected chi connectivity index (χ1v) is 10.5. The molecule has 1 aliphatic carbocycles. The minimum atomic E-state index is -2.49. The van der Waals surface area contributed by atoms with Gasteiger partial charge in [0.2, 0.25) is 11.5 Å². The summed E-state index contributed by atoms with van der Waals surface area (Å²) in [6.45, 7) is 3.12. The van der Waals surface area contributed by atoms with Crippen molar-refractivity contribution < 1.29 is 43.2 Å². The lowest BCUT2D eigenvalue weighted by atomic mass is 9.95. The van der Waals surface area contributed by atoms with Gasteiger partial charge in [-0.1, -0.05) is 0 Å². The number of nitrogens with zero attached hydrogens (tertiary/aromatic N) is 1. The molecule has 5 rings (SSSR count). The van der Waals surface area contributed by atoms with Crippen LogP contribution in [0.4, 0.5) is 0 Å². The third-order valence-electron chi connectivity index (χ3n) is 6.23. The van der Waals surface area contributed by atoms with Crippen molar-refractivity contribution in [1.82, 2.24) is 4.90 Å². The number of fused-ring (bicyclic) bond motifs is 4. The van der Waals surface area contributed by atoms with Gasteiger partial charge in [-0.3, -0.25) is 14.4 Å². The first-order chi connectivity index (χ1) is 15.2. The number of hydrogen-bond acceptors (Lipinski definition) is 10. The van der Waals surface area contributed by atoms with E-state index in [2.05, 4.69) is 4.90 Å². The quantitative estimate of drug-likeness (QED) is 0.340. The van der Waals surface area contributed by atoms with Crippen molar-refractivity contribution in [1.29, 1.82) is 0 Å². The lowest BCUT2D eigenvalue weighted by Gasteiger charge is -2.26. The van der Waals surface area contributed by atoms with Gasteiger partial charge in [-0.05, 0) is 24.7 Å². The van der Waals surface area contributed by atoms with Gasteiger partial charge in [-0.25, -0.2) is 4.79 Å². The SMILES string of the molecule is NC(=O)c1cc2c(OCCCN3C[C@H]4C[C@H]4C3)c3c1OC(=O)CC(O)(CC(=O)O2)C(=O)O3. The molecule has 1 amide bonds. The Balaban J connectivity index is 1.48. The molecule has 11 nitrogen and oxygen atoms in total. The number of piperidine rings is 1. The van der Waals surface area contributed by atoms with E-state index in [1.165, 1.54) is 6.42 Å². The second-order valence-electron chi connectivity index (χ2n) is 8.71. The second-order valence-corrected chi connectivity index (χ2v) is 8.71. The molecule has 170 valence electrons. The Labute approximate surface area is 182 Å². The van der Waals surface area contributed by atoms with Crippen LogP contribution in [0.3, 0.4) is 0 Å². The maximum atomic E-state index is 12.7. The number of primary amides is 1. The number of aliphatic hydroxyl groups is 1. The highest BCUT2D eigenvalue weighted by Gasteiger charge is 2.48. The number of amides is 1. The lowest BCUT2D eigenvalue weighted by molar-refractivity contribution is -0.168. The molecule has 1 aromatic carbocycles. The first-order valence-electron chi connectivity index (χ1n) is 10.5. The fraction of sp³-hybridized carbons (Fsp3) is 0.524. The predicted octanol–water partition coefficient (Wildman–Crippen LogP) is -0.239. The van der Waals surface area contributed by atoms with E-state index >= 15 is 0 Å². The summed E-state index contributed by atoms with van der Waals surface area (Å²) in [4.78, 5) is 51.7. The molecule has 1 saturated heterocycles. The molecule has 1 unspecified atom stereocenters. The van der Waals surface area contributed by atoms with Gasteiger partial charge >= 0.3 is 17.9 Å². The summed E-state index contributed by atoms with van der Waals surface area (Å²) < 4.78 is 21.6. The normalized spacial score (nSPS) is 28.5. The fourth-order valence-electron chi connectivity index (χ4n) is 4.51. The molecule has 0 radical (unpaired) electrons. The molecule has 0 spiro atoms. The molecular weight excluding hydrogens is 424 g/mol. The van der Waals surface area contributed by atoms with Crippen molar-refractivity contribution in [2.24, 2.45) is 17.6 Å². The molecule has 2 fully saturated rings. The van der Waals surface area contributed by atoms with Gasteiger partial charge in [0, 0.05) is 25.7 Å². The third-order valence-corrected chi connectivity index (χ3v) is 6.23. The van der Waals surface area contributed by atoms with Crippen LogP contribution in [0.2, 0.25) is 0 Å². The summed E-state index contributed by atoms with van der Waals surface area (Å²) >= 11 is 0. The number of carbonyl (C=O) groups is 4. The average Bonchev–Trinajstić information content (AvgIpc) is 3.32. The average molecular weight is 446 g/mol. The number of ether oxygens (including phenoxy) is 4. The highest BCUT2D eigenvalue weighted by Crippen LogP contribution is 2.50. The van der Waals surface area contributed by atoms with Crippen molar-refractivity contribution in [3.63, 3.8) is 0 Å². The second kappa shape index (κ2) is 7.45. The number of esters is 3. The molecule has 3 atom stereocenters. The van der Waals surface area contributed by atoms with Gasteiger partial charge in [0.15, 0.2) is 17.1 Å². The molecule has 3 bridgehead atoms. The minimum absolute atomic E-state index is 0.175. The number of nitrogens with two attached hydrogens (primary N) is 1. The zero-order valence-corrected chi connectivity index (χ0v) is 17.1. The Morgan fingerprint density at radius 3 is 2.50 bits per heavy atom. The number of carbonyl (C=O) groups excluding carboxylic acids is 4. The summed E-state index contributed by atoms with van der Waals surface area (Å²) in [5, 5.41) is 10.6. The van der Waals surface area contributed by atoms with Gasteiger partial charge in [0.1, 0.15) is 0 Å². The van der Waals surface area contributed by atoms with Gasteiger partial charge < -0.3 is 34.7 Å². The van der Waals surface area contributed by atoms with E-state index in [0.717, 1.165) is 37.5 Å². The summed E-state index contributed by atoms with van der Waals surface area (Å²) in [6.07, 6.45) is 0.220. The topological polar surface area (TPSA) is 155 Å². The lowest BCUT2D eigenvalue weighted by Crippen LogP contribution is -2.47. The van der Waals surface area contributed by atoms with Crippen LogP contribution in [-0.2, 0) is 14.4 Å². The molecule has 1 aromatic rings. The summed E-state index contributed by atoms with van der Waals surface area (Å²) in [5.74, 6) is -3.99. The zero-order chi connectivity index (χ0) is 22.6. The molecule has 4 aliphatic rings. The Morgan fingerprint density at radius 2 is 1.81 bits per heavy atom. The maximum Gasteiger partial charge on any atom is 0.345 e. The molecule has 3 heterocycles. The van der Waals surface area contributed by atoms with Crippen molar-refractivity contribution in [2.45, 2.75) is 31.3 Å². The Hall–Kier alpha value is -3.18. The number of hydrogen-bond donors (Lipinski definition) is 2. The van der Waals surface area contributed by atoms with E-state index in [0.29, 0.717) is 6.42 Å². The van der Waals surface area contributed by atoms with E-state index in [1.807, 2.05) is 0 Å². The molecule has 11 heteroatoms. The van der Waals surface area contributed by atoms with E-state index in [9.17, 15) is 24.3 Å². The minimum Gasteiger partial charge on any atom is -0.486 e. The predicted molar refractivity (Wildman–Crippen MR) is 104 cm³/mol. The van der Waals surface area contributed by atoms with Crippen LogP contribution in [0, 0.1) is 11.8 Å². The van der Waals surface area contributed by atoms with Crippen LogP contribution in [-0.4, -0.2) is 65.7 Å². The Kier molecular flexibility index (Phi) is 4.82. The molecule has 32 heavy (non-hydrogen) atoms. The third kappa shape index (κ3) is 3.67. The van der Waals surface area contributed by atoms with Gasteiger partial charge in [-0.2, -0.15) is 0 Å². The van der Waals surface area contributed by atoms with Crippen molar-refractivity contribution in [2.75, 3.05) is 26.2 Å². The van der Waals surface area contributed by atoms with E-state index in [-0.39, 0.29) is 23.7 Å². The van der Waals surface area contributed by atoms with Gasteiger partial charge in [-0.15, -0.1) is 0 Å². The monoisotopic (exact) mass is 446 g/mol. The van der Waals surface area contributed by atoms with Crippen LogP contribution in [0.25, 0.3) is 0 Å². The van der Waals surface area contributed by atoms with Crippen LogP contribution in [0.1, 0.15) is 36.0 Å². The molecule has 3 N–H and O–H groups in total. The van der Waals surface area contributed by atoms with Crippen molar-refractivity contribution in [3.05, 3.63) is 11.6 Å². The van der Waals surface area contributed by atoms with Gasteiger partial charge in [0.25, 0.3) is 5.91 Å². The largest absolute Gasteiger partial charge is 0.486 e. The van der Waals surface area contributed by atoms with E-state index in [1.54, 1.807) is 0 Å². The number of rotatable bonds is 6. The molecule has 1 saturated carbocycles. The standard InChI is InChI=1S/C21H22N2O9/c22-19(26)12-5-13-17(29-3-1-2-23-8-10-4-11(10)9-23)18-16(12)31-15(25)7-21(28,20(27)32-18)6-14(24)30-13/h5,10-11,28H,1-4,6-9H2,(H2,22,26)/t10-,11+,21?. The van der Waals surface area contributed by atoms with Crippen LogP contribution in [0.15, 0.2) is 6.07 Å². The van der Waals surface area contributed by atoms with Crippen LogP contribution >= 0.6 is 0 Å². The van der Waals surface area contributed by atoms with E-state index in [4.69, 9.17) is 24.7 Å². The smallest absolute Gasteiger partial charge is 0.345 e. The van der Waals surface area contributed by atoms with Gasteiger partial charge in [0.05, 0.1) is 25.0 Å². The Bertz CT molecular complexity index is 1030. The number of benzene rings is 1. The van der Waals surface area contributed by atoms with Crippen molar-refractivity contribution in [3.8, 4) is 23.0 Å². The molecule has 0 aromatic heterocycles. The maximum absolute atomic E-state index is 12.7. The summed E-state index contributed by atoms with van der Waals surface area (Å²) in [7, 11) is 0. The zero-order valence-electron chi connectivity index (χ0n) is 17.1. The Morgan fingerprint density at radius 1 is 1.12 bits per heavy atom. The first kappa shape index (κ1) is 20.7. The summed E-state index contributed by atoms with van der Waals surface area (Å²) in [5.41, 5.74) is 2.57. The molecular formula is C21H22N2O9. The fourth-order valence-corrected chi connectivity index (χ4v) is 4.51.